The predicted molar refractivity (Wildman–Crippen MR) is 153 cm³/mol. The summed E-state index contributed by atoms with van der Waals surface area (Å²) < 4.78 is 35.9. The molecule has 0 aliphatic carbocycles. The molecule has 0 heterocycles. The molecule has 0 aromatic heterocycles. The molecule has 1 aromatic carbocycles. The Morgan fingerprint density at radius 3 is 1.64 bits per heavy atom. The van der Waals surface area contributed by atoms with Crippen molar-refractivity contribution in [2.75, 3.05) is 26.4 Å². The first kappa shape index (κ1) is 36.5. The van der Waals surface area contributed by atoms with Gasteiger partial charge in [-0.2, -0.15) is 0 Å². The lowest BCUT2D eigenvalue weighted by Gasteiger charge is -2.17. The van der Waals surface area contributed by atoms with E-state index in [1.165, 1.54) is 12.1 Å². The summed E-state index contributed by atoms with van der Waals surface area (Å²) in [6.07, 6.45) is -1.55. The van der Waals surface area contributed by atoms with Crippen molar-refractivity contribution in [3.8, 4) is 11.5 Å². The van der Waals surface area contributed by atoms with Gasteiger partial charge in [-0.25, -0.2) is 14.4 Å². The number of rotatable bonds is 17. The van der Waals surface area contributed by atoms with Crippen LogP contribution in [0.4, 0.5) is 14.4 Å². The van der Waals surface area contributed by atoms with Crippen LogP contribution in [-0.2, 0) is 34.9 Å². The van der Waals surface area contributed by atoms with Crippen molar-refractivity contribution in [2.45, 2.75) is 86.3 Å². The van der Waals surface area contributed by atoms with Crippen molar-refractivity contribution < 1.29 is 52.3 Å². The number of ether oxygens (including phenoxy) is 7. The minimum Gasteiger partial charge on any atom is -0.458 e. The van der Waals surface area contributed by atoms with Gasteiger partial charge in [-0.1, -0.05) is 47.6 Å². The van der Waals surface area contributed by atoms with Crippen LogP contribution >= 0.6 is 0 Å². The minimum atomic E-state index is -1.09. The third kappa shape index (κ3) is 16.7. The van der Waals surface area contributed by atoms with Crippen LogP contribution in [0.25, 0.3) is 0 Å². The van der Waals surface area contributed by atoms with Crippen LogP contribution in [0.3, 0.4) is 0 Å². The van der Waals surface area contributed by atoms with Gasteiger partial charge in [0.25, 0.3) is 0 Å². The van der Waals surface area contributed by atoms with Crippen LogP contribution in [0.2, 0.25) is 0 Å². The van der Waals surface area contributed by atoms with Crippen LogP contribution in [0, 0.1) is 17.8 Å². The fraction of sp³-hybridized carbons (Fsp3) is 0.667. The number of benzene rings is 1. The van der Waals surface area contributed by atoms with Crippen LogP contribution in [0.1, 0.15) is 73.3 Å². The molecule has 0 radical (unpaired) electrons. The van der Waals surface area contributed by atoms with Gasteiger partial charge in [0.2, 0.25) is 0 Å². The molecule has 0 fully saturated rings. The van der Waals surface area contributed by atoms with Gasteiger partial charge in [0, 0.05) is 0 Å². The van der Waals surface area contributed by atoms with E-state index >= 15 is 0 Å². The van der Waals surface area contributed by atoms with Gasteiger partial charge in [-0.15, -0.1) is 0 Å². The zero-order valence-electron chi connectivity index (χ0n) is 25.8. The smallest absolute Gasteiger partial charge is 0.458 e. The van der Waals surface area contributed by atoms with Crippen LogP contribution in [0.5, 0.6) is 11.5 Å². The molecule has 0 amide bonds. The second-order valence-corrected chi connectivity index (χ2v) is 11.2. The molecular formula is C30H47NO11. The van der Waals surface area contributed by atoms with Crippen molar-refractivity contribution in [3.63, 3.8) is 0 Å². The van der Waals surface area contributed by atoms with Gasteiger partial charge in [-0.3, -0.25) is 4.79 Å². The molecule has 238 valence electrons. The molecule has 0 saturated carbocycles. The summed E-state index contributed by atoms with van der Waals surface area (Å²) in [7, 11) is 0. The summed E-state index contributed by atoms with van der Waals surface area (Å²) in [6.45, 7) is 13.9. The molecule has 42 heavy (non-hydrogen) atoms. The average Bonchev–Trinajstić information content (AvgIpc) is 2.88. The summed E-state index contributed by atoms with van der Waals surface area (Å²) in [5.74, 6) is 0.116. The third-order valence-corrected chi connectivity index (χ3v) is 5.65. The zero-order valence-corrected chi connectivity index (χ0v) is 25.8. The minimum absolute atomic E-state index is 0.00151. The topological polar surface area (TPSA) is 159 Å². The van der Waals surface area contributed by atoms with E-state index in [2.05, 4.69) is 0 Å². The molecule has 0 spiro atoms. The Labute approximate surface area is 248 Å². The molecule has 0 unspecified atom stereocenters. The molecule has 12 nitrogen and oxygen atoms in total. The highest BCUT2D eigenvalue weighted by Gasteiger charge is 2.22. The molecule has 0 aliphatic heterocycles. The molecule has 0 saturated heterocycles. The van der Waals surface area contributed by atoms with Gasteiger partial charge in [-0.05, 0) is 68.1 Å². The Bertz CT molecular complexity index is 993. The van der Waals surface area contributed by atoms with Crippen LogP contribution < -0.4 is 15.2 Å². The number of hydrogen-bond acceptors (Lipinski definition) is 12. The van der Waals surface area contributed by atoms with E-state index in [9.17, 15) is 19.2 Å². The lowest BCUT2D eigenvalue weighted by molar-refractivity contribution is -0.152. The molecule has 1 aromatic rings. The number of hydrogen-bond donors (Lipinski definition) is 1. The Hall–Kier alpha value is -3.54. The maximum absolute atomic E-state index is 12.5. The number of esters is 1. The van der Waals surface area contributed by atoms with Crippen molar-refractivity contribution in [3.05, 3.63) is 23.8 Å². The summed E-state index contributed by atoms with van der Waals surface area (Å²) in [5.41, 5.74) is 6.53. The van der Waals surface area contributed by atoms with Crippen LogP contribution in [-0.4, -0.2) is 63.0 Å². The predicted octanol–water partition coefficient (Wildman–Crippen LogP) is 5.81. The Kier molecular flexibility index (Phi) is 17.0. The third-order valence-electron chi connectivity index (χ3n) is 5.65. The second kappa shape index (κ2) is 19.6. The van der Waals surface area contributed by atoms with E-state index in [1.807, 2.05) is 41.5 Å². The van der Waals surface area contributed by atoms with Crippen molar-refractivity contribution in [2.24, 2.45) is 23.5 Å². The fourth-order valence-corrected chi connectivity index (χ4v) is 3.10. The molecule has 2 N–H and O–H groups in total. The van der Waals surface area contributed by atoms with E-state index in [0.29, 0.717) is 42.6 Å². The van der Waals surface area contributed by atoms with Crippen molar-refractivity contribution >= 4 is 24.4 Å². The number of carbonyl (C=O) groups excluding carboxylic acids is 4. The standard InChI is InChI=1S/C30H47NO11/c1-19(2)10-13-36-28(33)39-18-22(7)40-27(32)24(31)16-23-8-9-25(41-29(34)37-14-11-20(3)4)26(17-23)42-30(35)38-15-12-21(5)6/h8-9,17,19-22,24H,10-16,18,31H2,1-7H3/t22-,24-/m0/s1. The van der Waals surface area contributed by atoms with E-state index < -0.39 is 36.6 Å². The van der Waals surface area contributed by atoms with Crippen molar-refractivity contribution in [1.82, 2.24) is 0 Å². The van der Waals surface area contributed by atoms with E-state index in [-0.39, 0.29) is 44.3 Å². The quantitative estimate of drug-likeness (QED) is 0.131. The SMILES string of the molecule is CC(C)CCOC(=O)OC[C@H](C)OC(=O)[C@@H](N)Cc1ccc(OC(=O)OCCC(C)C)c(OC(=O)OCCC(C)C)c1. The highest BCUT2D eigenvalue weighted by Crippen LogP contribution is 2.30. The van der Waals surface area contributed by atoms with Gasteiger partial charge in [0.05, 0.1) is 19.8 Å². The lowest BCUT2D eigenvalue weighted by Crippen LogP contribution is -2.37. The largest absolute Gasteiger partial charge is 0.513 e. The highest BCUT2D eigenvalue weighted by atomic mass is 16.7. The van der Waals surface area contributed by atoms with Crippen molar-refractivity contribution in [1.29, 1.82) is 0 Å². The van der Waals surface area contributed by atoms with E-state index in [0.717, 1.165) is 0 Å². The molecule has 2 atom stereocenters. The van der Waals surface area contributed by atoms with Gasteiger partial charge < -0.3 is 38.9 Å². The molecule has 1 rings (SSSR count). The lowest BCUT2D eigenvalue weighted by atomic mass is 10.1. The Morgan fingerprint density at radius 1 is 0.667 bits per heavy atom. The first-order valence-electron chi connectivity index (χ1n) is 14.3. The average molecular weight is 598 g/mol. The highest BCUT2D eigenvalue weighted by molar-refractivity contribution is 5.76. The second-order valence-electron chi connectivity index (χ2n) is 11.2. The van der Waals surface area contributed by atoms with Crippen LogP contribution in [0.15, 0.2) is 18.2 Å². The van der Waals surface area contributed by atoms with E-state index in [4.69, 9.17) is 38.9 Å². The number of nitrogens with two attached hydrogens (primary N) is 1. The fourth-order valence-electron chi connectivity index (χ4n) is 3.10. The number of carbonyl (C=O) groups is 4. The zero-order chi connectivity index (χ0) is 31.7. The summed E-state index contributed by atoms with van der Waals surface area (Å²) in [4.78, 5) is 48.7. The van der Waals surface area contributed by atoms with Gasteiger partial charge in [0.1, 0.15) is 18.8 Å². The maximum Gasteiger partial charge on any atom is 0.513 e. The molecular weight excluding hydrogens is 550 g/mol. The summed E-state index contributed by atoms with van der Waals surface area (Å²) in [5, 5.41) is 0. The van der Waals surface area contributed by atoms with Gasteiger partial charge in [0.15, 0.2) is 11.5 Å². The normalized spacial score (nSPS) is 12.5. The maximum atomic E-state index is 12.5. The monoisotopic (exact) mass is 597 g/mol. The first-order valence-corrected chi connectivity index (χ1v) is 14.3. The Balaban J connectivity index is 2.80. The van der Waals surface area contributed by atoms with Gasteiger partial charge >= 0.3 is 24.4 Å². The summed E-state index contributed by atoms with van der Waals surface area (Å²) >= 11 is 0. The summed E-state index contributed by atoms with van der Waals surface area (Å²) in [6, 6.07) is 3.27. The molecule has 0 aliphatic rings. The Morgan fingerprint density at radius 2 is 1.14 bits per heavy atom. The van der Waals surface area contributed by atoms with E-state index in [1.54, 1.807) is 13.0 Å². The first-order chi connectivity index (χ1) is 19.8. The molecule has 12 heteroatoms. The molecule has 0 bridgehead atoms.